The lowest BCUT2D eigenvalue weighted by Crippen LogP contribution is -2.32. The number of thiocarbonyl (C=S) groups is 1. The lowest BCUT2D eigenvalue weighted by atomic mass is 10.2. The summed E-state index contributed by atoms with van der Waals surface area (Å²) in [4.78, 5) is 14.2. The summed E-state index contributed by atoms with van der Waals surface area (Å²) in [6.07, 6.45) is 0. The van der Waals surface area contributed by atoms with Crippen molar-refractivity contribution in [3.05, 3.63) is 29.8 Å². The third kappa shape index (κ3) is 4.43. The zero-order chi connectivity index (χ0) is 13.5. The highest BCUT2D eigenvalue weighted by atomic mass is 32.1. The van der Waals surface area contributed by atoms with E-state index in [2.05, 4.69) is 10.2 Å². The number of carbonyl (C=O) groups is 1. The molecule has 0 aliphatic heterocycles. The van der Waals surface area contributed by atoms with E-state index in [0.717, 1.165) is 24.3 Å². The Morgan fingerprint density at radius 2 is 1.83 bits per heavy atom. The fourth-order valence-electron chi connectivity index (χ4n) is 1.57. The third-order valence-corrected chi connectivity index (χ3v) is 2.95. The van der Waals surface area contributed by atoms with Crippen molar-refractivity contribution in [2.24, 2.45) is 5.73 Å². The first-order valence-corrected chi connectivity index (χ1v) is 6.39. The zero-order valence-corrected chi connectivity index (χ0v) is 11.6. The van der Waals surface area contributed by atoms with Crippen LogP contribution in [0.15, 0.2) is 24.3 Å². The highest BCUT2D eigenvalue weighted by molar-refractivity contribution is 7.80. The van der Waals surface area contributed by atoms with Gasteiger partial charge in [-0.05, 0) is 37.4 Å². The molecule has 1 aromatic rings. The van der Waals surface area contributed by atoms with Crippen LogP contribution in [0, 0.1) is 0 Å². The van der Waals surface area contributed by atoms with E-state index >= 15 is 0 Å². The Labute approximate surface area is 113 Å². The summed E-state index contributed by atoms with van der Waals surface area (Å²) >= 11 is 4.87. The van der Waals surface area contributed by atoms with Crippen LogP contribution < -0.4 is 11.1 Å². The van der Waals surface area contributed by atoms with Crippen LogP contribution in [-0.2, 0) is 4.79 Å². The molecule has 98 valence electrons. The summed E-state index contributed by atoms with van der Waals surface area (Å²) < 4.78 is 0. The molecule has 0 bridgehead atoms. The Kier molecular flexibility index (Phi) is 5.74. The zero-order valence-electron chi connectivity index (χ0n) is 10.8. The van der Waals surface area contributed by atoms with Gasteiger partial charge in [-0.25, -0.2) is 0 Å². The van der Waals surface area contributed by atoms with Crippen LogP contribution in [-0.4, -0.2) is 35.4 Å². The molecule has 0 aliphatic rings. The van der Waals surface area contributed by atoms with Crippen LogP contribution in [0.4, 0.5) is 5.69 Å². The van der Waals surface area contributed by atoms with Gasteiger partial charge in [0.2, 0.25) is 5.91 Å². The molecule has 0 heterocycles. The van der Waals surface area contributed by atoms with Crippen molar-refractivity contribution in [3.8, 4) is 0 Å². The molecule has 0 radical (unpaired) electrons. The predicted octanol–water partition coefficient (Wildman–Crippen LogP) is 1.60. The molecule has 1 aromatic carbocycles. The van der Waals surface area contributed by atoms with E-state index in [1.54, 1.807) is 24.3 Å². The SMILES string of the molecule is CCN(CC)CC(=O)Nc1ccc(C(N)=S)cc1. The van der Waals surface area contributed by atoms with Crippen molar-refractivity contribution in [1.82, 2.24) is 4.90 Å². The molecule has 0 saturated carbocycles. The van der Waals surface area contributed by atoms with E-state index in [1.165, 1.54) is 0 Å². The number of carbonyl (C=O) groups excluding carboxylic acids is 1. The summed E-state index contributed by atoms with van der Waals surface area (Å²) in [6, 6.07) is 7.20. The number of likely N-dealkylation sites (N-methyl/N-ethyl adjacent to an activating group) is 1. The molecule has 18 heavy (non-hydrogen) atoms. The molecule has 4 nitrogen and oxygen atoms in total. The minimum atomic E-state index is -0.0122. The highest BCUT2D eigenvalue weighted by Gasteiger charge is 2.07. The maximum Gasteiger partial charge on any atom is 0.238 e. The van der Waals surface area contributed by atoms with Crippen molar-refractivity contribution in [1.29, 1.82) is 0 Å². The molecule has 0 aliphatic carbocycles. The Balaban J connectivity index is 2.56. The first kappa shape index (κ1) is 14.6. The van der Waals surface area contributed by atoms with Crippen LogP contribution in [0.5, 0.6) is 0 Å². The largest absolute Gasteiger partial charge is 0.389 e. The van der Waals surface area contributed by atoms with Gasteiger partial charge in [0.25, 0.3) is 0 Å². The number of amides is 1. The van der Waals surface area contributed by atoms with Gasteiger partial charge in [0.1, 0.15) is 4.99 Å². The molecule has 0 fully saturated rings. The van der Waals surface area contributed by atoms with Crippen molar-refractivity contribution in [2.45, 2.75) is 13.8 Å². The molecule has 0 aromatic heterocycles. The van der Waals surface area contributed by atoms with Gasteiger partial charge < -0.3 is 11.1 Å². The molecule has 0 unspecified atom stereocenters. The normalized spacial score (nSPS) is 10.4. The maximum absolute atomic E-state index is 11.8. The van der Waals surface area contributed by atoms with E-state index in [0.29, 0.717) is 11.5 Å². The standard InChI is InChI=1S/C13H19N3OS/c1-3-16(4-2)9-12(17)15-11-7-5-10(6-8-11)13(14)18/h5-8H,3-4,9H2,1-2H3,(H2,14,18)(H,15,17). The highest BCUT2D eigenvalue weighted by Crippen LogP contribution is 2.09. The summed E-state index contributed by atoms with van der Waals surface area (Å²) in [7, 11) is 0. The lowest BCUT2D eigenvalue weighted by Gasteiger charge is -2.17. The molecule has 0 spiro atoms. The van der Waals surface area contributed by atoms with Crippen molar-refractivity contribution in [2.75, 3.05) is 25.0 Å². The minimum absolute atomic E-state index is 0.0122. The number of nitrogens with two attached hydrogens (primary N) is 1. The van der Waals surface area contributed by atoms with E-state index in [1.807, 2.05) is 13.8 Å². The summed E-state index contributed by atoms with van der Waals surface area (Å²) in [5.74, 6) is -0.0122. The molecule has 5 heteroatoms. The molecule has 1 amide bonds. The number of benzene rings is 1. The van der Waals surface area contributed by atoms with E-state index in [4.69, 9.17) is 18.0 Å². The van der Waals surface area contributed by atoms with Gasteiger partial charge in [-0.3, -0.25) is 9.69 Å². The molecular weight excluding hydrogens is 246 g/mol. The van der Waals surface area contributed by atoms with E-state index in [-0.39, 0.29) is 5.91 Å². The van der Waals surface area contributed by atoms with Crippen LogP contribution in [0.25, 0.3) is 0 Å². The Bertz CT molecular complexity index is 413. The average Bonchev–Trinajstić information content (AvgIpc) is 2.36. The predicted molar refractivity (Wildman–Crippen MR) is 78.7 cm³/mol. The fourth-order valence-corrected chi connectivity index (χ4v) is 1.70. The van der Waals surface area contributed by atoms with Gasteiger partial charge in [0, 0.05) is 11.3 Å². The van der Waals surface area contributed by atoms with Crippen LogP contribution in [0.2, 0.25) is 0 Å². The first-order valence-electron chi connectivity index (χ1n) is 5.98. The quantitative estimate of drug-likeness (QED) is 0.767. The number of anilines is 1. The Morgan fingerprint density at radius 1 is 1.28 bits per heavy atom. The summed E-state index contributed by atoms with van der Waals surface area (Å²) in [6.45, 7) is 6.21. The van der Waals surface area contributed by atoms with Crippen molar-refractivity contribution in [3.63, 3.8) is 0 Å². The van der Waals surface area contributed by atoms with Crippen LogP contribution in [0.1, 0.15) is 19.4 Å². The summed E-state index contributed by atoms with van der Waals surface area (Å²) in [5, 5.41) is 2.84. The number of hydrogen-bond donors (Lipinski definition) is 2. The number of hydrogen-bond acceptors (Lipinski definition) is 3. The van der Waals surface area contributed by atoms with Crippen molar-refractivity contribution < 1.29 is 4.79 Å². The van der Waals surface area contributed by atoms with Gasteiger partial charge in [0.05, 0.1) is 6.54 Å². The van der Waals surface area contributed by atoms with Gasteiger partial charge >= 0.3 is 0 Å². The Morgan fingerprint density at radius 3 is 2.28 bits per heavy atom. The first-order chi connectivity index (χ1) is 8.56. The molecule has 0 atom stereocenters. The minimum Gasteiger partial charge on any atom is -0.389 e. The smallest absolute Gasteiger partial charge is 0.238 e. The van der Waals surface area contributed by atoms with Gasteiger partial charge in [-0.2, -0.15) is 0 Å². The second-order valence-electron chi connectivity index (χ2n) is 3.95. The second-order valence-corrected chi connectivity index (χ2v) is 4.39. The number of nitrogens with zero attached hydrogens (tertiary/aromatic N) is 1. The molecular formula is C13H19N3OS. The van der Waals surface area contributed by atoms with E-state index in [9.17, 15) is 4.79 Å². The maximum atomic E-state index is 11.8. The number of nitrogens with one attached hydrogen (secondary N) is 1. The third-order valence-electron chi connectivity index (χ3n) is 2.71. The monoisotopic (exact) mass is 265 g/mol. The van der Waals surface area contributed by atoms with Gasteiger partial charge in [-0.1, -0.05) is 26.1 Å². The van der Waals surface area contributed by atoms with Crippen LogP contribution >= 0.6 is 12.2 Å². The Hall–Kier alpha value is -1.46. The topological polar surface area (TPSA) is 58.4 Å². The molecule has 1 rings (SSSR count). The van der Waals surface area contributed by atoms with Gasteiger partial charge in [0.15, 0.2) is 0 Å². The lowest BCUT2D eigenvalue weighted by molar-refractivity contribution is -0.117. The van der Waals surface area contributed by atoms with Crippen LogP contribution in [0.3, 0.4) is 0 Å². The second kappa shape index (κ2) is 7.08. The fraction of sp³-hybridized carbons (Fsp3) is 0.385. The van der Waals surface area contributed by atoms with Crippen molar-refractivity contribution >= 4 is 28.8 Å². The molecule has 3 N–H and O–H groups in total. The average molecular weight is 265 g/mol. The number of rotatable bonds is 6. The van der Waals surface area contributed by atoms with Gasteiger partial charge in [-0.15, -0.1) is 0 Å². The summed E-state index contributed by atoms with van der Waals surface area (Å²) in [5.41, 5.74) is 7.06. The van der Waals surface area contributed by atoms with E-state index < -0.39 is 0 Å². The molecule has 0 saturated heterocycles.